The first-order valence-electron chi connectivity index (χ1n) is 4.70. The molecular formula is C9H18FN3. The van der Waals surface area contributed by atoms with Crippen LogP contribution in [0.1, 0.15) is 34.1 Å². The molecule has 1 atom stereocenters. The van der Waals surface area contributed by atoms with E-state index < -0.39 is 6.42 Å². The van der Waals surface area contributed by atoms with Gasteiger partial charge in [-0.1, -0.05) is 6.92 Å². The standard InChI is InChI=1S/C9H18FN3/c1-5-6-13-8(10)12(7-11-13)9(2,3)4/h7-8H,5-6H2,1-4H3. The van der Waals surface area contributed by atoms with Crippen LogP contribution in [0, 0.1) is 0 Å². The predicted molar refractivity (Wildman–Crippen MR) is 52.0 cm³/mol. The maximum Gasteiger partial charge on any atom is 0.265 e. The highest BCUT2D eigenvalue weighted by Crippen LogP contribution is 2.23. The lowest BCUT2D eigenvalue weighted by Gasteiger charge is -2.34. The Morgan fingerprint density at radius 1 is 1.46 bits per heavy atom. The molecular weight excluding hydrogens is 169 g/mol. The minimum absolute atomic E-state index is 0.203. The van der Waals surface area contributed by atoms with Crippen LogP contribution < -0.4 is 0 Å². The van der Waals surface area contributed by atoms with E-state index in [9.17, 15) is 4.39 Å². The van der Waals surface area contributed by atoms with Crippen molar-refractivity contribution in [3.63, 3.8) is 0 Å². The molecule has 3 nitrogen and oxygen atoms in total. The molecule has 0 aromatic rings. The number of nitrogens with zero attached hydrogens (tertiary/aromatic N) is 3. The van der Waals surface area contributed by atoms with Crippen LogP contribution >= 0.6 is 0 Å². The minimum atomic E-state index is -1.10. The highest BCUT2D eigenvalue weighted by Gasteiger charge is 2.34. The molecule has 1 unspecified atom stereocenters. The molecule has 13 heavy (non-hydrogen) atoms. The molecule has 0 aromatic carbocycles. The summed E-state index contributed by atoms with van der Waals surface area (Å²) >= 11 is 0. The van der Waals surface area contributed by atoms with E-state index in [4.69, 9.17) is 0 Å². The van der Waals surface area contributed by atoms with Crippen molar-refractivity contribution in [2.75, 3.05) is 6.54 Å². The van der Waals surface area contributed by atoms with Gasteiger partial charge in [-0.3, -0.25) is 0 Å². The zero-order chi connectivity index (χ0) is 10.1. The van der Waals surface area contributed by atoms with Crippen LogP contribution in [0.2, 0.25) is 0 Å². The lowest BCUT2D eigenvalue weighted by atomic mass is 10.1. The molecule has 0 fully saturated rings. The van der Waals surface area contributed by atoms with Gasteiger partial charge in [-0.25, -0.2) is 5.01 Å². The van der Waals surface area contributed by atoms with Gasteiger partial charge in [-0.05, 0) is 27.2 Å². The summed E-state index contributed by atoms with van der Waals surface area (Å²) in [5.41, 5.74) is -0.203. The van der Waals surface area contributed by atoms with E-state index in [0.717, 1.165) is 6.42 Å². The molecule has 0 spiro atoms. The van der Waals surface area contributed by atoms with E-state index in [-0.39, 0.29) is 5.54 Å². The monoisotopic (exact) mass is 187 g/mol. The molecule has 1 aliphatic heterocycles. The third kappa shape index (κ3) is 2.11. The Hall–Kier alpha value is -0.800. The molecule has 0 N–H and O–H groups in total. The van der Waals surface area contributed by atoms with E-state index >= 15 is 0 Å². The highest BCUT2D eigenvalue weighted by atomic mass is 19.1. The SMILES string of the molecule is CCCN1N=CN(C(C)(C)C)C1F. The Kier molecular flexibility index (Phi) is 2.78. The van der Waals surface area contributed by atoms with E-state index in [2.05, 4.69) is 5.10 Å². The largest absolute Gasteiger partial charge is 0.308 e. The van der Waals surface area contributed by atoms with Crippen molar-refractivity contribution in [3.8, 4) is 0 Å². The number of hydrogen-bond acceptors (Lipinski definition) is 3. The number of alkyl halides is 1. The van der Waals surface area contributed by atoms with E-state index in [1.807, 2.05) is 27.7 Å². The molecule has 0 bridgehead atoms. The Morgan fingerprint density at radius 3 is 2.46 bits per heavy atom. The minimum Gasteiger partial charge on any atom is -0.308 e. The first-order valence-corrected chi connectivity index (χ1v) is 4.70. The van der Waals surface area contributed by atoms with E-state index in [1.54, 1.807) is 11.2 Å². The van der Waals surface area contributed by atoms with Crippen LogP contribution in [-0.2, 0) is 0 Å². The quantitative estimate of drug-likeness (QED) is 0.616. The van der Waals surface area contributed by atoms with Crippen molar-refractivity contribution < 1.29 is 4.39 Å². The lowest BCUT2D eigenvalue weighted by molar-refractivity contribution is -0.0217. The summed E-state index contributed by atoms with van der Waals surface area (Å²) in [6, 6.07) is 0. The molecule has 0 aromatic heterocycles. The smallest absolute Gasteiger partial charge is 0.265 e. The number of rotatable bonds is 2. The van der Waals surface area contributed by atoms with Crippen molar-refractivity contribution in [2.24, 2.45) is 5.10 Å². The van der Waals surface area contributed by atoms with Crippen molar-refractivity contribution in [1.29, 1.82) is 0 Å². The summed E-state index contributed by atoms with van der Waals surface area (Å²) in [5, 5.41) is 5.49. The van der Waals surface area contributed by atoms with Crippen LogP contribution in [0.5, 0.6) is 0 Å². The molecule has 0 saturated carbocycles. The second kappa shape index (κ2) is 3.52. The van der Waals surface area contributed by atoms with Crippen molar-refractivity contribution in [1.82, 2.24) is 9.91 Å². The van der Waals surface area contributed by atoms with Gasteiger partial charge >= 0.3 is 0 Å². The number of halogens is 1. The maximum absolute atomic E-state index is 13.7. The molecule has 4 heteroatoms. The molecule has 1 aliphatic rings. The van der Waals surface area contributed by atoms with Gasteiger partial charge < -0.3 is 4.90 Å². The summed E-state index contributed by atoms with van der Waals surface area (Å²) in [4.78, 5) is 1.63. The van der Waals surface area contributed by atoms with Crippen LogP contribution in [0.25, 0.3) is 0 Å². The first kappa shape index (κ1) is 10.3. The maximum atomic E-state index is 13.7. The van der Waals surface area contributed by atoms with Gasteiger partial charge in [-0.15, -0.1) is 0 Å². The third-order valence-electron chi connectivity index (χ3n) is 2.03. The Bertz CT molecular complexity index is 198. The van der Waals surface area contributed by atoms with Gasteiger partial charge in [-0.2, -0.15) is 9.49 Å². The fourth-order valence-corrected chi connectivity index (χ4v) is 1.26. The summed E-state index contributed by atoms with van der Waals surface area (Å²) in [6.45, 7) is 8.61. The normalized spacial score (nSPS) is 23.0. The van der Waals surface area contributed by atoms with Gasteiger partial charge in [0.1, 0.15) is 6.34 Å². The van der Waals surface area contributed by atoms with E-state index in [1.165, 1.54) is 5.01 Å². The second-order valence-corrected chi connectivity index (χ2v) is 4.28. The summed E-state index contributed by atoms with van der Waals surface area (Å²) < 4.78 is 13.7. The molecule has 0 radical (unpaired) electrons. The van der Waals surface area contributed by atoms with Crippen LogP contribution in [0.15, 0.2) is 5.10 Å². The lowest BCUT2D eigenvalue weighted by Crippen LogP contribution is -2.47. The van der Waals surface area contributed by atoms with Crippen molar-refractivity contribution in [3.05, 3.63) is 0 Å². The van der Waals surface area contributed by atoms with E-state index in [0.29, 0.717) is 6.54 Å². The van der Waals surface area contributed by atoms with Crippen molar-refractivity contribution in [2.45, 2.75) is 46.1 Å². The zero-order valence-corrected chi connectivity index (χ0v) is 8.79. The molecule has 0 amide bonds. The topological polar surface area (TPSA) is 18.8 Å². The van der Waals surface area contributed by atoms with Crippen LogP contribution in [0.3, 0.4) is 0 Å². The molecule has 1 rings (SSSR count). The average molecular weight is 187 g/mol. The predicted octanol–water partition coefficient (Wildman–Crippen LogP) is 2.01. The van der Waals surface area contributed by atoms with Gasteiger partial charge in [0, 0.05) is 12.1 Å². The summed E-state index contributed by atoms with van der Waals surface area (Å²) in [5.74, 6) is 0. The fourth-order valence-electron chi connectivity index (χ4n) is 1.26. The Labute approximate surface area is 79.2 Å². The van der Waals surface area contributed by atoms with Gasteiger partial charge in [0.2, 0.25) is 0 Å². The summed E-state index contributed by atoms with van der Waals surface area (Å²) in [7, 11) is 0. The van der Waals surface area contributed by atoms with Gasteiger partial charge in [0.05, 0.1) is 0 Å². The molecule has 0 saturated heterocycles. The Morgan fingerprint density at radius 2 is 2.08 bits per heavy atom. The second-order valence-electron chi connectivity index (χ2n) is 4.28. The summed E-state index contributed by atoms with van der Waals surface area (Å²) in [6.07, 6.45) is 1.40. The van der Waals surface area contributed by atoms with Gasteiger partial charge in [0.25, 0.3) is 6.42 Å². The third-order valence-corrected chi connectivity index (χ3v) is 2.03. The van der Waals surface area contributed by atoms with Crippen LogP contribution in [0.4, 0.5) is 4.39 Å². The zero-order valence-electron chi connectivity index (χ0n) is 8.79. The van der Waals surface area contributed by atoms with Gasteiger partial charge in [0.15, 0.2) is 0 Å². The number of hydrazone groups is 1. The highest BCUT2D eigenvalue weighted by molar-refractivity contribution is 5.57. The molecule has 76 valence electrons. The van der Waals surface area contributed by atoms with Crippen LogP contribution in [-0.4, -0.2) is 34.8 Å². The number of hydrogen-bond donors (Lipinski definition) is 0. The Balaban J connectivity index is 2.61. The average Bonchev–Trinajstić information content (AvgIpc) is 2.32. The molecule has 1 heterocycles. The fraction of sp³-hybridized carbons (Fsp3) is 0.889. The molecule has 0 aliphatic carbocycles. The first-order chi connectivity index (χ1) is 5.96. The van der Waals surface area contributed by atoms with Crippen molar-refractivity contribution >= 4 is 6.34 Å².